The van der Waals surface area contributed by atoms with E-state index in [9.17, 15) is 0 Å². The van der Waals surface area contributed by atoms with E-state index in [-0.39, 0.29) is 0 Å². The Hall–Kier alpha value is -1.22. The van der Waals surface area contributed by atoms with Crippen molar-refractivity contribution in [2.24, 2.45) is 5.73 Å². The topological polar surface area (TPSA) is 44.5 Å². The lowest BCUT2D eigenvalue weighted by Crippen LogP contribution is -2.04. The number of methoxy groups -OCH3 is 2. The molecule has 0 atom stereocenters. The molecule has 0 aliphatic heterocycles. The Balaban J connectivity index is 3.03. The van der Waals surface area contributed by atoms with Crippen LogP contribution in [0.1, 0.15) is 5.56 Å². The van der Waals surface area contributed by atoms with E-state index in [4.69, 9.17) is 15.2 Å². The average molecular weight is 181 g/mol. The molecule has 0 bridgehead atoms. The second-order valence-corrected chi connectivity index (χ2v) is 2.69. The molecule has 3 nitrogen and oxygen atoms in total. The third kappa shape index (κ3) is 2.12. The van der Waals surface area contributed by atoms with Crippen molar-refractivity contribution in [1.29, 1.82) is 0 Å². The highest BCUT2D eigenvalue weighted by Gasteiger charge is 2.07. The zero-order valence-corrected chi connectivity index (χ0v) is 8.04. The van der Waals surface area contributed by atoms with Gasteiger partial charge in [-0.15, -0.1) is 0 Å². The van der Waals surface area contributed by atoms with Gasteiger partial charge < -0.3 is 15.2 Å². The monoisotopic (exact) mass is 181 g/mol. The summed E-state index contributed by atoms with van der Waals surface area (Å²) in [6.45, 7) is 0.615. The summed E-state index contributed by atoms with van der Waals surface area (Å²) in [5.74, 6) is 1.55. The van der Waals surface area contributed by atoms with Crippen molar-refractivity contribution < 1.29 is 9.47 Å². The van der Waals surface area contributed by atoms with E-state index in [0.29, 0.717) is 6.54 Å². The van der Waals surface area contributed by atoms with Gasteiger partial charge in [-0.05, 0) is 24.6 Å². The molecule has 1 rings (SSSR count). The average Bonchev–Trinajstić information content (AvgIpc) is 2.18. The number of para-hydroxylation sites is 1. The van der Waals surface area contributed by atoms with Crippen LogP contribution in [0, 0.1) is 0 Å². The second kappa shape index (κ2) is 4.72. The van der Waals surface area contributed by atoms with Crippen LogP contribution in [-0.4, -0.2) is 20.8 Å². The summed E-state index contributed by atoms with van der Waals surface area (Å²) in [6, 6.07) is 5.80. The quantitative estimate of drug-likeness (QED) is 0.759. The molecule has 0 aromatic heterocycles. The first kappa shape index (κ1) is 9.86. The van der Waals surface area contributed by atoms with E-state index in [1.165, 1.54) is 0 Å². The lowest BCUT2D eigenvalue weighted by Gasteiger charge is -2.11. The fourth-order valence-corrected chi connectivity index (χ4v) is 1.31. The predicted octanol–water partition coefficient (Wildman–Crippen LogP) is 1.20. The number of benzene rings is 1. The highest BCUT2D eigenvalue weighted by atomic mass is 16.5. The summed E-state index contributed by atoms with van der Waals surface area (Å²) in [4.78, 5) is 0. The van der Waals surface area contributed by atoms with Gasteiger partial charge in [0, 0.05) is 0 Å². The molecule has 0 unspecified atom stereocenters. The van der Waals surface area contributed by atoms with Gasteiger partial charge in [0.1, 0.15) is 0 Å². The molecule has 0 radical (unpaired) electrons. The minimum atomic E-state index is 0.615. The Morgan fingerprint density at radius 2 is 2.00 bits per heavy atom. The van der Waals surface area contributed by atoms with Crippen molar-refractivity contribution in [3.63, 3.8) is 0 Å². The maximum Gasteiger partial charge on any atom is 0.163 e. The molecule has 0 fully saturated rings. The van der Waals surface area contributed by atoms with Gasteiger partial charge in [0.15, 0.2) is 11.5 Å². The number of hydrogen-bond donors (Lipinski definition) is 1. The van der Waals surface area contributed by atoms with E-state index in [2.05, 4.69) is 0 Å². The van der Waals surface area contributed by atoms with Crippen LogP contribution >= 0.6 is 0 Å². The van der Waals surface area contributed by atoms with Crippen LogP contribution in [0.3, 0.4) is 0 Å². The van der Waals surface area contributed by atoms with Gasteiger partial charge in [0.05, 0.1) is 14.2 Å². The largest absolute Gasteiger partial charge is 0.493 e. The summed E-state index contributed by atoms with van der Waals surface area (Å²) >= 11 is 0. The maximum atomic E-state index is 5.48. The van der Waals surface area contributed by atoms with Crippen LogP contribution in [-0.2, 0) is 6.42 Å². The molecule has 2 N–H and O–H groups in total. The molecule has 1 aromatic rings. The molecule has 13 heavy (non-hydrogen) atoms. The van der Waals surface area contributed by atoms with Gasteiger partial charge in [-0.3, -0.25) is 0 Å². The number of hydrogen-bond acceptors (Lipinski definition) is 3. The van der Waals surface area contributed by atoms with E-state index in [0.717, 1.165) is 23.5 Å². The van der Waals surface area contributed by atoms with Crippen LogP contribution < -0.4 is 15.2 Å². The zero-order chi connectivity index (χ0) is 9.68. The summed E-state index contributed by atoms with van der Waals surface area (Å²) in [6.07, 6.45) is 0.806. The normalized spacial score (nSPS) is 9.77. The van der Waals surface area contributed by atoms with E-state index in [1.807, 2.05) is 18.2 Å². The number of ether oxygens (including phenoxy) is 2. The molecule has 0 amide bonds. The summed E-state index contributed by atoms with van der Waals surface area (Å²) < 4.78 is 10.4. The Morgan fingerprint density at radius 3 is 2.54 bits per heavy atom. The van der Waals surface area contributed by atoms with Gasteiger partial charge in [-0.2, -0.15) is 0 Å². The van der Waals surface area contributed by atoms with Crippen molar-refractivity contribution in [2.45, 2.75) is 6.42 Å². The first-order valence-electron chi connectivity index (χ1n) is 4.23. The minimum absolute atomic E-state index is 0.615. The standard InChI is InChI=1S/C10H15NO2/c1-12-9-5-3-4-8(6-7-11)10(9)13-2/h3-5H,6-7,11H2,1-2H3. The van der Waals surface area contributed by atoms with Crippen molar-refractivity contribution >= 4 is 0 Å². The molecule has 0 spiro atoms. The fourth-order valence-electron chi connectivity index (χ4n) is 1.31. The third-order valence-corrected chi connectivity index (χ3v) is 1.90. The molecule has 0 saturated carbocycles. The molecular weight excluding hydrogens is 166 g/mol. The van der Waals surface area contributed by atoms with Crippen molar-refractivity contribution in [3.05, 3.63) is 23.8 Å². The van der Waals surface area contributed by atoms with E-state index < -0.39 is 0 Å². The Bertz CT molecular complexity index is 274. The third-order valence-electron chi connectivity index (χ3n) is 1.90. The molecule has 0 saturated heterocycles. The Morgan fingerprint density at radius 1 is 1.23 bits per heavy atom. The molecule has 0 aliphatic carbocycles. The van der Waals surface area contributed by atoms with E-state index >= 15 is 0 Å². The fraction of sp³-hybridized carbons (Fsp3) is 0.400. The van der Waals surface area contributed by atoms with Crippen molar-refractivity contribution in [3.8, 4) is 11.5 Å². The summed E-state index contributed by atoms with van der Waals surface area (Å²) in [7, 11) is 3.27. The molecule has 72 valence electrons. The SMILES string of the molecule is COc1cccc(CCN)c1OC. The predicted molar refractivity (Wildman–Crippen MR) is 52.3 cm³/mol. The highest BCUT2D eigenvalue weighted by Crippen LogP contribution is 2.30. The second-order valence-electron chi connectivity index (χ2n) is 2.69. The smallest absolute Gasteiger partial charge is 0.163 e. The van der Waals surface area contributed by atoms with Crippen LogP contribution in [0.4, 0.5) is 0 Å². The van der Waals surface area contributed by atoms with E-state index in [1.54, 1.807) is 14.2 Å². The Labute approximate surface area is 78.5 Å². The molecule has 0 heterocycles. The van der Waals surface area contributed by atoms with Crippen LogP contribution in [0.25, 0.3) is 0 Å². The first-order valence-corrected chi connectivity index (χ1v) is 4.23. The number of rotatable bonds is 4. The maximum absolute atomic E-state index is 5.48. The van der Waals surface area contributed by atoms with Gasteiger partial charge in [-0.25, -0.2) is 0 Å². The van der Waals surface area contributed by atoms with Crippen LogP contribution in [0.5, 0.6) is 11.5 Å². The van der Waals surface area contributed by atoms with Crippen LogP contribution in [0.15, 0.2) is 18.2 Å². The lowest BCUT2D eigenvalue weighted by atomic mass is 10.1. The molecule has 0 aliphatic rings. The summed E-state index contributed by atoms with van der Waals surface area (Å²) in [5, 5.41) is 0. The highest BCUT2D eigenvalue weighted by molar-refractivity contribution is 5.46. The Kier molecular flexibility index (Phi) is 3.58. The first-order chi connectivity index (χ1) is 6.33. The molecule has 3 heteroatoms. The van der Waals surface area contributed by atoms with Gasteiger partial charge in [0.25, 0.3) is 0 Å². The minimum Gasteiger partial charge on any atom is -0.493 e. The number of nitrogens with two attached hydrogens (primary N) is 1. The van der Waals surface area contributed by atoms with Gasteiger partial charge in [0.2, 0.25) is 0 Å². The van der Waals surface area contributed by atoms with Gasteiger partial charge in [-0.1, -0.05) is 12.1 Å². The van der Waals surface area contributed by atoms with Crippen molar-refractivity contribution in [1.82, 2.24) is 0 Å². The zero-order valence-electron chi connectivity index (χ0n) is 8.04. The van der Waals surface area contributed by atoms with Crippen LogP contribution in [0.2, 0.25) is 0 Å². The summed E-state index contributed by atoms with van der Waals surface area (Å²) in [5.41, 5.74) is 6.57. The van der Waals surface area contributed by atoms with Crippen molar-refractivity contribution in [2.75, 3.05) is 20.8 Å². The molecular formula is C10H15NO2. The lowest BCUT2D eigenvalue weighted by molar-refractivity contribution is 0.352. The van der Waals surface area contributed by atoms with Gasteiger partial charge >= 0.3 is 0 Å². The molecule has 1 aromatic carbocycles.